The molecular weight excluding hydrogens is 1320 g/mol. The Balaban J connectivity index is 0.00000147. The summed E-state index contributed by atoms with van der Waals surface area (Å²) in [5, 5.41) is 25.3. The Morgan fingerprint density at radius 1 is 0.460 bits per heavy atom. The van der Waals surface area contributed by atoms with Crippen LogP contribution >= 0.6 is 0 Å². The van der Waals surface area contributed by atoms with E-state index in [0.29, 0.717) is 90.1 Å². The fourth-order valence-electron chi connectivity index (χ4n) is 10.6. The Bertz CT molecular complexity index is 3020. The molecule has 13 amide bonds. The number of hydrogen-bond acceptors (Lipinski definition) is 19. The molecule has 0 unspecified atom stereocenters. The van der Waals surface area contributed by atoms with Gasteiger partial charge < -0.3 is 54.2 Å². The van der Waals surface area contributed by atoms with Crippen molar-refractivity contribution in [2.45, 2.75) is 203 Å². The standard InChI is InChI=1S/C24H36N4O8.C23H41N3O6S.C21H32N4O6/c1-15(2)23(35)16(7-6-11-26-24(25)36)13-18(29)17(14-22(33)34)27-19(30)8-4-3-5-12-28-20(31)9-10-21(28)32;1-6-33(31,32)14-9-7-8-12-20(28)26-21(16(2)3)19(27)15-18(22(29)17(4)5)11-10-13-25-23(24)30;1-12(2)19(24-16(27)11-25-17(28)7-8-18(25)29)15(26)10-14(20(30)13(3)4)6-5-9-23-21(22)31/h9-10,15-17H,3-8,11-14H2,1-2H3,(H,27,30)(H,33,34)(H3,25,26,36);6,16-18,21H,1,7-15H2,2-5H3,(H,26,28)(H3,24,25,30);7-8,12-14,19H,5-6,9-11H2,1-4H3,(H,24,27)(H3,22,23,31)/t16-,17+;18-,21+;14-,19+/m100/s1. The van der Waals surface area contributed by atoms with Crippen LogP contribution in [-0.2, 0) is 77.0 Å². The fraction of sp³-hybridized carbons (Fsp3) is 0.662. The van der Waals surface area contributed by atoms with E-state index < -0.39 is 112 Å². The van der Waals surface area contributed by atoms with Crippen LogP contribution in [0.3, 0.4) is 0 Å². The molecule has 100 heavy (non-hydrogen) atoms. The zero-order chi connectivity index (χ0) is 76.6. The van der Waals surface area contributed by atoms with Gasteiger partial charge in [-0.05, 0) is 76.0 Å². The van der Waals surface area contributed by atoms with Crippen molar-refractivity contribution in [1.82, 2.24) is 41.7 Å². The molecule has 2 heterocycles. The lowest BCUT2D eigenvalue weighted by molar-refractivity contribution is -0.142. The van der Waals surface area contributed by atoms with Crippen LogP contribution in [-0.4, -0.2) is 180 Å². The van der Waals surface area contributed by atoms with Crippen LogP contribution in [0.15, 0.2) is 36.3 Å². The van der Waals surface area contributed by atoms with E-state index in [1.54, 1.807) is 55.4 Å². The summed E-state index contributed by atoms with van der Waals surface area (Å²) in [5.74, 6) is -8.83. The minimum Gasteiger partial charge on any atom is -0.481 e. The first-order chi connectivity index (χ1) is 46.7. The molecule has 31 nitrogen and oxygen atoms in total. The molecule has 2 rings (SSSR count). The predicted molar refractivity (Wildman–Crippen MR) is 370 cm³/mol. The van der Waals surface area contributed by atoms with E-state index >= 15 is 0 Å². The van der Waals surface area contributed by atoms with Crippen LogP contribution in [0.4, 0.5) is 14.4 Å². The molecular formula is C68H109N11O20S. The maximum Gasteiger partial charge on any atom is 0.312 e. The number of carbonyl (C=O) groups is 17. The lowest BCUT2D eigenvalue weighted by atomic mass is 9.84. The van der Waals surface area contributed by atoms with Gasteiger partial charge in [0.05, 0.1) is 30.3 Å². The summed E-state index contributed by atoms with van der Waals surface area (Å²) in [6, 6.07) is -4.83. The summed E-state index contributed by atoms with van der Waals surface area (Å²) in [6.45, 7) is 21.5. The first-order valence-electron chi connectivity index (χ1n) is 34.0. The van der Waals surface area contributed by atoms with E-state index in [-0.39, 0.29) is 127 Å². The largest absolute Gasteiger partial charge is 0.481 e. The SMILES string of the molecule is C=CS(=O)(=O)CCCCCC(=O)N[C@@H](C(=O)C[C@H](CCCNC(N)=O)C(=O)C(C)C)C(C)C.CC(C)C(=O)[C@@H](CCCNC(N)=O)CC(=O)[C@H](NC(=O)CN1C(=O)C=CC1=O)C(C)C.CC(C)C(=O)[C@H](CCCNC(N)=O)CC(=O)[C@H](CC(=O)O)NC(=O)CCCCCN1C(=O)C=CC1=O. The summed E-state index contributed by atoms with van der Waals surface area (Å²) in [7, 11) is -3.24. The number of nitrogens with zero attached hydrogens (tertiary/aromatic N) is 2. The van der Waals surface area contributed by atoms with Gasteiger partial charge in [-0.15, -0.1) is 0 Å². The van der Waals surface area contributed by atoms with E-state index in [9.17, 15) is 95.0 Å². The van der Waals surface area contributed by atoms with Crippen molar-refractivity contribution >= 4 is 110 Å². The first-order valence-corrected chi connectivity index (χ1v) is 35.7. The molecule has 32 heteroatoms. The average Bonchev–Trinajstić information content (AvgIpc) is 1.48. The van der Waals surface area contributed by atoms with Crippen molar-refractivity contribution in [3.8, 4) is 0 Å². The normalized spacial score (nSPS) is 14.4. The van der Waals surface area contributed by atoms with Crippen LogP contribution in [0, 0.1) is 47.3 Å². The number of primary amides is 3. The summed E-state index contributed by atoms with van der Waals surface area (Å²) in [4.78, 5) is 206. The van der Waals surface area contributed by atoms with Crippen LogP contribution in [0.1, 0.15) is 185 Å². The number of nitrogens with one attached hydrogen (secondary N) is 6. The highest BCUT2D eigenvalue weighted by atomic mass is 32.2. The second kappa shape index (κ2) is 48.0. The molecule has 0 aromatic carbocycles. The summed E-state index contributed by atoms with van der Waals surface area (Å²) < 4.78 is 22.8. The third-order valence-corrected chi connectivity index (χ3v) is 17.4. The molecule has 2 aliphatic rings. The lowest BCUT2D eigenvalue weighted by Crippen LogP contribution is -2.49. The van der Waals surface area contributed by atoms with Gasteiger partial charge in [0.15, 0.2) is 27.2 Å². The van der Waals surface area contributed by atoms with Gasteiger partial charge in [-0.25, -0.2) is 22.8 Å². The molecule has 0 saturated heterocycles. The molecule has 6 atom stereocenters. The smallest absolute Gasteiger partial charge is 0.312 e. The molecule has 2 aliphatic heterocycles. The third kappa shape index (κ3) is 38.5. The number of sulfone groups is 1. The van der Waals surface area contributed by atoms with Crippen LogP contribution in [0.25, 0.3) is 0 Å². The average molecular weight is 1430 g/mol. The Labute approximate surface area is 586 Å². The number of carbonyl (C=O) groups excluding carboxylic acids is 16. The monoisotopic (exact) mass is 1430 g/mol. The van der Waals surface area contributed by atoms with Crippen LogP contribution in [0.5, 0.6) is 0 Å². The highest BCUT2D eigenvalue weighted by molar-refractivity contribution is 7.94. The van der Waals surface area contributed by atoms with Crippen molar-refractivity contribution in [2.75, 3.05) is 38.5 Å². The number of urea groups is 3. The number of carboxylic acid groups (broad SMARTS) is 1. The molecule has 0 aromatic rings. The zero-order valence-corrected chi connectivity index (χ0v) is 60.5. The summed E-state index contributed by atoms with van der Waals surface area (Å²) >= 11 is 0. The number of Topliss-reactive ketones (excluding diaryl/α,β-unsaturated/α-hetero) is 6. The Morgan fingerprint density at radius 2 is 0.800 bits per heavy atom. The number of amides is 13. The highest BCUT2D eigenvalue weighted by Gasteiger charge is 2.35. The summed E-state index contributed by atoms with van der Waals surface area (Å²) in [5.41, 5.74) is 15.1. The van der Waals surface area contributed by atoms with Gasteiger partial charge in [-0.2, -0.15) is 0 Å². The van der Waals surface area contributed by atoms with Crippen molar-refractivity contribution in [2.24, 2.45) is 64.5 Å². The molecule has 13 N–H and O–H groups in total. The number of nitrogens with two attached hydrogens (primary N) is 3. The van der Waals surface area contributed by atoms with Gasteiger partial charge in [0.25, 0.3) is 23.6 Å². The molecule has 0 spiro atoms. The van der Waals surface area contributed by atoms with Crippen molar-refractivity contribution in [3.63, 3.8) is 0 Å². The lowest BCUT2D eigenvalue weighted by Gasteiger charge is -2.25. The van der Waals surface area contributed by atoms with E-state index in [1.807, 2.05) is 13.8 Å². The van der Waals surface area contributed by atoms with Gasteiger partial charge in [-0.1, -0.05) is 88.7 Å². The first kappa shape index (κ1) is 91.2. The van der Waals surface area contributed by atoms with Gasteiger partial charge >= 0.3 is 24.1 Å². The van der Waals surface area contributed by atoms with Crippen molar-refractivity contribution in [1.29, 1.82) is 0 Å². The number of ketones is 6. The molecule has 0 radical (unpaired) electrons. The number of hydrogen-bond donors (Lipinski definition) is 10. The molecule has 0 aromatic heterocycles. The number of aliphatic carboxylic acids is 1. The number of rotatable bonds is 49. The van der Waals surface area contributed by atoms with Gasteiger partial charge in [0, 0.05) is 124 Å². The maximum atomic E-state index is 13.0. The zero-order valence-electron chi connectivity index (χ0n) is 59.7. The second-order valence-corrected chi connectivity index (χ2v) is 28.3. The minimum atomic E-state index is -3.24. The second-order valence-electron chi connectivity index (χ2n) is 26.3. The maximum absolute atomic E-state index is 13.0. The van der Waals surface area contributed by atoms with E-state index in [1.165, 1.54) is 12.2 Å². The molecule has 0 bridgehead atoms. The van der Waals surface area contributed by atoms with E-state index in [4.69, 9.17) is 17.2 Å². The third-order valence-electron chi connectivity index (χ3n) is 16.1. The predicted octanol–water partition coefficient (Wildman–Crippen LogP) is 3.48. The van der Waals surface area contributed by atoms with E-state index in [2.05, 4.69) is 38.5 Å². The number of unbranched alkanes of at least 4 members (excludes halogenated alkanes) is 4. The van der Waals surface area contributed by atoms with Gasteiger partial charge in [0.2, 0.25) is 17.7 Å². The Hall–Kier alpha value is -8.84. The number of carboxylic acids is 1. The number of imide groups is 2. The topological polar surface area (TPSA) is 501 Å². The van der Waals surface area contributed by atoms with Crippen LogP contribution < -0.4 is 49.1 Å². The quantitative estimate of drug-likeness (QED) is 0.0308. The Kier molecular flexibility index (Phi) is 43.8. The molecule has 0 aliphatic carbocycles. The summed E-state index contributed by atoms with van der Waals surface area (Å²) in [6.07, 6.45) is 9.46. The fourth-order valence-corrected chi connectivity index (χ4v) is 11.4. The van der Waals surface area contributed by atoms with Gasteiger partial charge in [0.1, 0.15) is 23.9 Å². The highest BCUT2D eigenvalue weighted by Crippen LogP contribution is 2.24. The van der Waals surface area contributed by atoms with Crippen molar-refractivity contribution in [3.05, 3.63) is 36.3 Å². The van der Waals surface area contributed by atoms with E-state index in [0.717, 1.165) is 27.4 Å². The molecule has 0 saturated carbocycles. The van der Waals surface area contributed by atoms with Crippen LogP contribution in [0.2, 0.25) is 0 Å². The molecule has 562 valence electrons. The van der Waals surface area contributed by atoms with Crippen molar-refractivity contribution < 1.29 is 95.0 Å². The Morgan fingerprint density at radius 3 is 1.14 bits per heavy atom. The van der Waals surface area contributed by atoms with Gasteiger partial charge in [-0.3, -0.25) is 76.9 Å². The molecule has 0 fully saturated rings. The minimum absolute atomic E-state index is 0.00541.